The van der Waals surface area contributed by atoms with Crippen molar-refractivity contribution in [2.24, 2.45) is 11.8 Å². The maximum atomic E-state index is 13.5. The average Bonchev–Trinajstić information content (AvgIpc) is 2.76. The fraction of sp³-hybridized carbons (Fsp3) is 0.852. The number of halogens is 3. The van der Waals surface area contributed by atoms with E-state index in [4.69, 9.17) is 0 Å². The molecule has 0 aliphatic carbocycles. The molecular weight excluding hydrogens is 425 g/mol. The number of hydrogen-bond donors (Lipinski definition) is 1. The van der Waals surface area contributed by atoms with Gasteiger partial charge in [0.25, 0.3) is 5.56 Å². The molecule has 3 nitrogen and oxygen atoms in total. The second-order valence-electron chi connectivity index (χ2n) is 9.96. The summed E-state index contributed by atoms with van der Waals surface area (Å²) in [5.74, 6) is -0.621. The van der Waals surface area contributed by atoms with Crippen molar-refractivity contribution < 1.29 is 13.2 Å². The van der Waals surface area contributed by atoms with Crippen LogP contribution < -0.4 is 5.56 Å². The van der Waals surface area contributed by atoms with Gasteiger partial charge in [0.2, 0.25) is 0 Å². The highest BCUT2D eigenvalue weighted by atomic mass is 19.4. The highest BCUT2D eigenvalue weighted by Crippen LogP contribution is 2.42. The maximum absolute atomic E-state index is 13.5. The first-order chi connectivity index (χ1) is 15.7. The van der Waals surface area contributed by atoms with Crippen LogP contribution in [0.1, 0.15) is 130 Å². The number of rotatable bonds is 18. The Morgan fingerprint density at radius 3 is 2.03 bits per heavy atom. The largest absolute Gasteiger partial charge is 0.391 e. The molecule has 33 heavy (non-hydrogen) atoms. The molecule has 0 amide bonds. The SMILES string of the molecule is CCCCC(CCC)CC(CCC)(CCCCC(CCCC)C(F)(F)F)c1ccc(=O)[nH]n1. The van der Waals surface area contributed by atoms with E-state index in [-0.39, 0.29) is 23.8 Å². The van der Waals surface area contributed by atoms with Crippen LogP contribution in [0.3, 0.4) is 0 Å². The van der Waals surface area contributed by atoms with Crippen molar-refractivity contribution in [1.29, 1.82) is 0 Å². The molecule has 192 valence electrons. The first-order valence-corrected chi connectivity index (χ1v) is 13.3. The minimum atomic E-state index is -4.11. The standard InChI is InChI=1S/C27H47F3N2O/c1-5-9-14-22(13-7-3)21-26(19-8-4,24-17-18-25(33)32-31-24)20-12-11-16-23(15-10-6-2)27(28,29)30/h17-18,22-23H,5-16,19-21H2,1-4H3,(H,32,33). The molecule has 1 rings (SSSR count). The van der Waals surface area contributed by atoms with E-state index < -0.39 is 12.1 Å². The molecule has 1 N–H and O–H groups in total. The Balaban J connectivity index is 3.04. The van der Waals surface area contributed by atoms with Crippen molar-refractivity contribution >= 4 is 0 Å². The predicted molar refractivity (Wildman–Crippen MR) is 132 cm³/mol. The van der Waals surface area contributed by atoms with E-state index in [9.17, 15) is 18.0 Å². The summed E-state index contributed by atoms with van der Waals surface area (Å²) in [6.07, 6.45) is 8.63. The Bertz CT molecular complexity index is 668. The van der Waals surface area contributed by atoms with Crippen LogP contribution in [0.2, 0.25) is 0 Å². The Hall–Kier alpha value is -1.33. The van der Waals surface area contributed by atoms with Gasteiger partial charge in [-0.15, -0.1) is 0 Å². The zero-order valence-corrected chi connectivity index (χ0v) is 21.4. The Morgan fingerprint density at radius 2 is 1.48 bits per heavy atom. The number of nitrogens with zero attached hydrogens (tertiary/aromatic N) is 1. The van der Waals surface area contributed by atoms with Crippen LogP contribution in [0.5, 0.6) is 0 Å². The fourth-order valence-corrected chi connectivity index (χ4v) is 5.39. The van der Waals surface area contributed by atoms with E-state index in [0.29, 0.717) is 18.8 Å². The zero-order valence-electron chi connectivity index (χ0n) is 21.4. The van der Waals surface area contributed by atoms with Gasteiger partial charge in [-0.1, -0.05) is 91.9 Å². The number of aromatic nitrogens is 2. The maximum Gasteiger partial charge on any atom is 0.391 e. The van der Waals surface area contributed by atoms with E-state index in [1.165, 1.54) is 18.9 Å². The Kier molecular flexibility index (Phi) is 14.0. The molecule has 0 aliphatic heterocycles. The number of hydrogen-bond acceptors (Lipinski definition) is 2. The lowest BCUT2D eigenvalue weighted by atomic mass is 9.68. The number of nitrogens with one attached hydrogen (secondary N) is 1. The zero-order chi connectivity index (χ0) is 24.7. The quantitative estimate of drug-likeness (QED) is 0.217. The van der Waals surface area contributed by atoms with Gasteiger partial charge in [-0.2, -0.15) is 18.3 Å². The first kappa shape index (κ1) is 29.7. The number of aromatic amines is 1. The molecule has 1 aromatic rings. The van der Waals surface area contributed by atoms with Gasteiger partial charge in [-0.3, -0.25) is 4.79 Å². The highest BCUT2D eigenvalue weighted by Gasteiger charge is 2.39. The molecule has 0 fully saturated rings. The van der Waals surface area contributed by atoms with Crippen LogP contribution in [0.15, 0.2) is 16.9 Å². The fourth-order valence-electron chi connectivity index (χ4n) is 5.39. The lowest BCUT2D eigenvalue weighted by Gasteiger charge is -2.37. The minimum Gasteiger partial charge on any atom is -0.268 e. The topological polar surface area (TPSA) is 45.8 Å². The van der Waals surface area contributed by atoms with Gasteiger partial charge in [-0.05, 0) is 44.1 Å². The lowest BCUT2D eigenvalue weighted by Crippen LogP contribution is -2.32. The van der Waals surface area contributed by atoms with Crippen molar-refractivity contribution in [3.63, 3.8) is 0 Å². The van der Waals surface area contributed by atoms with E-state index in [0.717, 1.165) is 63.5 Å². The summed E-state index contributed by atoms with van der Waals surface area (Å²) in [4.78, 5) is 11.7. The smallest absolute Gasteiger partial charge is 0.268 e. The highest BCUT2D eigenvalue weighted by molar-refractivity contribution is 5.15. The van der Waals surface area contributed by atoms with Gasteiger partial charge in [0.1, 0.15) is 0 Å². The summed E-state index contributed by atoms with van der Waals surface area (Å²) in [5.41, 5.74) is 0.494. The van der Waals surface area contributed by atoms with Crippen LogP contribution in [0.25, 0.3) is 0 Å². The van der Waals surface area contributed by atoms with E-state index in [1.54, 1.807) is 0 Å². The van der Waals surface area contributed by atoms with Gasteiger partial charge < -0.3 is 0 Å². The second kappa shape index (κ2) is 15.5. The van der Waals surface area contributed by atoms with Crippen LogP contribution in [0, 0.1) is 11.8 Å². The van der Waals surface area contributed by atoms with Gasteiger partial charge >= 0.3 is 6.18 Å². The lowest BCUT2D eigenvalue weighted by molar-refractivity contribution is -0.178. The second-order valence-corrected chi connectivity index (χ2v) is 9.96. The van der Waals surface area contributed by atoms with Crippen molar-refractivity contribution in [2.75, 3.05) is 0 Å². The van der Waals surface area contributed by atoms with Crippen molar-refractivity contribution in [2.45, 2.75) is 136 Å². The van der Waals surface area contributed by atoms with Crippen molar-refractivity contribution in [1.82, 2.24) is 10.2 Å². The molecule has 3 unspecified atom stereocenters. The Labute approximate surface area is 199 Å². The van der Waals surface area contributed by atoms with Gasteiger partial charge in [-0.25, -0.2) is 5.10 Å². The molecule has 0 radical (unpaired) electrons. The molecule has 0 aliphatic rings. The summed E-state index contributed by atoms with van der Waals surface area (Å²) in [6.45, 7) is 8.52. The summed E-state index contributed by atoms with van der Waals surface area (Å²) < 4.78 is 40.4. The molecule has 0 saturated heterocycles. The monoisotopic (exact) mass is 472 g/mol. The molecule has 1 aromatic heterocycles. The molecule has 0 bridgehead atoms. The van der Waals surface area contributed by atoms with Crippen LogP contribution >= 0.6 is 0 Å². The molecule has 3 atom stereocenters. The molecule has 6 heteroatoms. The molecule has 0 aromatic carbocycles. The summed E-state index contributed by atoms with van der Waals surface area (Å²) in [5, 5.41) is 7.05. The third kappa shape index (κ3) is 10.6. The van der Waals surface area contributed by atoms with Crippen molar-refractivity contribution in [3.8, 4) is 0 Å². The molecule has 0 spiro atoms. The normalized spacial score (nSPS) is 15.8. The average molecular weight is 473 g/mol. The summed E-state index contributed by atoms with van der Waals surface area (Å²) >= 11 is 0. The number of unbranched alkanes of at least 4 members (excludes halogenated alkanes) is 3. The van der Waals surface area contributed by atoms with Crippen molar-refractivity contribution in [3.05, 3.63) is 28.2 Å². The van der Waals surface area contributed by atoms with Gasteiger partial charge in [0, 0.05) is 11.5 Å². The summed E-state index contributed by atoms with van der Waals surface area (Å²) in [7, 11) is 0. The molecule has 1 heterocycles. The third-order valence-electron chi connectivity index (χ3n) is 7.12. The van der Waals surface area contributed by atoms with Crippen LogP contribution in [-0.2, 0) is 5.41 Å². The van der Waals surface area contributed by atoms with E-state index in [1.807, 2.05) is 13.0 Å². The number of alkyl halides is 3. The van der Waals surface area contributed by atoms with Crippen LogP contribution in [-0.4, -0.2) is 16.4 Å². The van der Waals surface area contributed by atoms with Gasteiger partial charge in [0.15, 0.2) is 0 Å². The first-order valence-electron chi connectivity index (χ1n) is 13.3. The van der Waals surface area contributed by atoms with Gasteiger partial charge in [0.05, 0.1) is 11.6 Å². The predicted octanol–water partition coefficient (Wildman–Crippen LogP) is 8.73. The van der Waals surface area contributed by atoms with Crippen LogP contribution in [0.4, 0.5) is 13.2 Å². The molecular formula is C27H47F3N2O. The van der Waals surface area contributed by atoms with E-state index in [2.05, 4.69) is 31.0 Å². The van der Waals surface area contributed by atoms with E-state index >= 15 is 0 Å². The Morgan fingerprint density at radius 1 is 0.818 bits per heavy atom. The summed E-state index contributed by atoms with van der Waals surface area (Å²) in [6, 6.07) is 3.38. The third-order valence-corrected chi connectivity index (χ3v) is 7.12. The number of H-pyrrole nitrogens is 1. The minimum absolute atomic E-state index is 0.191. The molecule has 0 saturated carbocycles.